The van der Waals surface area contributed by atoms with Crippen molar-refractivity contribution in [2.24, 2.45) is 5.41 Å². The molecule has 2 fully saturated rings. The molecule has 0 aromatic heterocycles. The average molecular weight is 196 g/mol. The van der Waals surface area contributed by atoms with Crippen LogP contribution in [-0.2, 0) is 0 Å². The van der Waals surface area contributed by atoms with Crippen molar-refractivity contribution in [1.82, 2.24) is 10.2 Å². The third-order valence-corrected chi connectivity index (χ3v) is 4.25. The van der Waals surface area contributed by atoms with Crippen LogP contribution < -0.4 is 5.32 Å². The highest BCUT2D eigenvalue weighted by molar-refractivity contribution is 4.87. The average Bonchev–Trinajstić information content (AvgIpc) is 2.42. The molecular weight excluding hydrogens is 172 g/mol. The van der Waals surface area contributed by atoms with Crippen molar-refractivity contribution >= 4 is 0 Å². The molecule has 0 unspecified atom stereocenters. The Hall–Kier alpha value is -0.0800. The zero-order chi connectivity index (χ0) is 9.86. The minimum atomic E-state index is 0.717. The summed E-state index contributed by atoms with van der Waals surface area (Å²) in [6.07, 6.45) is 7.19. The number of hydrogen-bond donors (Lipinski definition) is 1. The van der Waals surface area contributed by atoms with Gasteiger partial charge in [-0.3, -0.25) is 0 Å². The summed E-state index contributed by atoms with van der Waals surface area (Å²) in [5.74, 6) is 0. The molecule has 2 aliphatic rings. The van der Waals surface area contributed by atoms with Crippen LogP contribution in [0.25, 0.3) is 0 Å². The van der Waals surface area contributed by atoms with E-state index in [0.29, 0.717) is 0 Å². The van der Waals surface area contributed by atoms with Crippen LogP contribution in [0.3, 0.4) is 0 Å². The van der Waals surface area contributed by atoms with Crippen LogP contribution in [0.15, 0.2) is 0 Å². The van der Waals surface area contributed by atoms with E-state index in [-0.39, 0.29) is 0 Å². The predicted molar refractivity (Wildman–Crippen MR) is 60.5 cm³/mol. The van der Waals surface area contributed by atoms with Crippen LogP contribution in [0.2, 0.25) is 0 Å². The normalized spacial score (nSPS) is 28.9. The van der Waals surface area contributed by atoms with Gasteiger partial charge in [0.2, 0.25) is 0 Å². The van der Waals surface area contributed by atoms with Crippen molar-refractivity contribution in [2.75, 3.05) is 32.7 Å². The third-order valence-electron chi connectivity index (χ3n) is 4.25. The Kier molecular flexibility index (Phi) is 3.45. The van der Waals surface area contributed by atoms with Gasteiger partial charge in [0.25, 0.3) is 0 Å². The smallest absolute Gasteiger partial charge is 0.00135 e. The van der Waals surface area contributed by atoms with Crippen molar-refractivity contribution in [2.45, 2.75) is 39.0 Å². The van der Waals surface area contributed by atoms with Gasteiger partial charge in [-0.2, -0.15) is 0 Å². The molecule has 1 spiro atoms. The molecule has 0 atom stereocenters. The quantitative estimate of drug-likeness (QED) is 0.688. The molecule has 0 amide bonds. The van der Waals surface area contributed by atoms with Gasteiger partial charge < -0.3 is 10.2 Å². The van der Waals surface area contributed by atoms with Crippen LogP contribution >= 0.6 is 0 Å². The lowest BCUT2D eigenvalue weighted by molar-refractivity contribution is 0.169. The summed E-state index contributed by atoms with van der Waals surface area (Å²) in [7, 11) is 0. The molecular formula is C12H24N2. The largest absolute Gasteiger partial charge is 0.317 e. The molecule has 82 valence electrons. The van der Waals surface area contributed by atoms with Crippen molar-refractivity contribution in [1.29, 1.82) is 0 Å². The first kappa shape index (κ1) is 10.4. The van der Waals surface area contributed by atoms with Crippen LogP contribution in [0.5, 0.6) is 0 Å². The number of hydrogen-bond acceptors (Lipinski definition) is 2. The van der Waals surface area contributed by atoms with Gasteiger partial charge in [-0.15, -0.1) is 0 Å². The molecule has 14 heavy (non-hydrogen) atoms. The van der Waals surface area contributed by atoms with Gasteiger partial charge in [-0.25, -0.2) is 0 Å². The third kappa shape index (κ3) is 2.29. The monoisotopic (exact) mass is 196 g/mol. The van der Waals surface area contributed by atoms with E-state index < -0.39 is 0 Å². The Morgan fingerprint density at radius 3 is 2.57 bits per heavy atom. The fourth-order valence-corrected chi connectivity index (χ4v) is 3.08. The molecule has 0 bridgehead atoms. The van der Waals surface area contributed by atoms with Crippen molar-refractivity contribution in [3.05, 3.63) is 0 Å². The second-order valence-corrected chi connectivity index (χ2v) is 5.04. The first-order valence-electron chi connectivity index (χ1n) is 6.28. The Morgan fingerprint density at radius 1 is 1.07 bits per heavy atom. The first-order chi connectivity index (χ1) is 6.85. The lowest BCUT2D eigenvalue weighted by Crippen LogP contribution is -2.37. The van der Waals surface area contributed by atoms with Gasteiger partial charge in [0.05, 0.1) is 0 Å². The van der Waals surface area contributed by atoms with E-state index in [9.17, 15) is 0 Å². The van der Waals surface area contributed by atoms with Crippen LogP contribution in [0.1, 0.15) is 39.0 Å². The Bertz CT molecular complexity index is 173. The van der Waals surface area contributed by atoms with Crippen LogP contribution in [0.4, 0.5) is 0 Å². The molecule has 2 rings (SSSR count). The van der Waals surface area contributed by atoms with Crippen LogP contribution in [0, 0.1) is 5.41 Å². The zero-order valence-corrected chi connectivity index (χ0v) is 9.52. The fraction of sp³-hybridized carbons (Fsp3) is 1.00. The Labute approximate surface area is 88.1 Å². The summed E-state index contributed by atoms with van der Waals surface area (Å²) in [6, 6.07) is 0. The van der Waals surface area contributed by atoms with E-state index in [2.05, 4.69) is 17.1 Å². The summed E-state index contributed by atoms with van der Waals surface area (Å²) in [6.45, 7) is 8.73. The van der Waals surface area contributed by atoms with E-state index >= 15 is 0 Å². The van der Waals surface area contributed by atoms with Gasteiger partial charge in [0.15, 0.2) is 0 Å². The van der Waals surface area contributed by atoms with Crippen molar-refractivity contribution in [3.63, 3.8) is 0 Å². The second kappa shape index (κ2) is 4.63. The van der Waals surface area contributed by atoms with E-state index in [0.717, 1.165) is 5.41 Å². The minimum Gasteiger partial charge on any atom is -0.317 e. The minimum absolute atomic E-state index is 0.717. The molecule has 0 saturated carbocycles. The van der Waals surface area contributed by atoms with E-state index in [1.54, 1.807) is 0 Å². The number of likely N-dealkylation sites (tertiary alicyclic amines) is 1. The summed E-state index contributed by atoms with van der Waals surface area (Å²) in [5, 5.41) is 3.49. The van der Waals surface area contributed by atoms with E-state index in [4.69, 9.17) is 0 Å². The summed E-state index contributed by atoms with van der Waals surface area (Å²) in [5.41, 5.74) is 0.717. The van der Waals surface area contributed by atoms with Gasteiger partial charge in [0, 0.05) is 0 Å². The molecule has 2 aliphatic heterocycles. The highest BCUT2D eigenvalue weighted by Gasteiger charge is 2.33. The number of nitrogens with one attached hydrogen (secondary N) is 1. The first-order valence-corrected chi connectivity index (χ1v) is 6.28. The van der Waals surface area contributed by atoms with Crippen molar-refractivity contribution in [3.8, 4) is 0 Å². The molecule has 0 aromatic rings. The molecule has 0 radical (unpaired) electrons. The van der Waals surface area contributed by atoms with Gasteiger partial charge in [-0.1, -0.05) is 6.92 Å². The lowest BCUT2D eigenvalue weighted by atomic mass is 9.73. The molecule has 0 aromatic carbocycles. The van der Waals surface area contributed by atoms with E-state index in [1.165, 1.54) is 64.8 Å². The highest BCUT2D eigenvalue weighted by atomic mass is 15.1. The van der Waals surface area contributed by atoms with Crippen LogP contribution in [-0.4, -0.2) is 37.6 Å². The van der Waals surface area contributed by atoms with Gasteiger partial charge >= 0.3 is 0 Å². The molecule has 2 heteroatoms. The van der Waals surface area contributed by atoms with Crippen molar-refractivity contribution < 1.29 is 0 Å². The topological polar surface area (TPSA) is 15.3 Å². The summed E-state index contributed by atoms with van der Waals surface area (Å²) < 4.78 is 0. The molecule has 1 N–H and O–H groups in total. The summed E-state index contributed by atoms with van der Waals surface area (Å²) in [4.78, 5) is 2.62. The van der Waals surface area contributed by atoms with E-state index in [1.807, 2.05) is 0 Å². The standard InChI is InChI=1S/C12H24N2/c1-2-14-10-3-4-12(7-11-14)5-8-13-9-6-12/h13H,2-11H2,1H3. The second-order valence-electron chi connectivity index (χ2n) is 5.04. The molecule has 2 heterocycles. The number of nitrogens with zero attached hydrogens (tertiary/aromatic N) is 1. The number of rotatable bonds is 1. The molecule has 2 nitrogen and oxygen atoms in total. The van der Waals surface area contributed by atoms with Gasteiger partial charge in [0.1, 0.15) is 0 Å². The summed E-state index contributed by atoms with van der Waals surface area (Å²) >= 11 is 0. The maximum absolute atomic E-state index is 3.49. The molecule has 0 aliphatic carbocycles. The Morgan fingerprint density at radius 2 is 1.86 bits per heavy atom. The zero-order valence-electron chi connectivity index (χ0n) is 9.52. The SMILES string of the molecule is CCN1CCCC2(CCNCC2)CC1. The molecule has 2 saturated heterocycles. The van der Waals surface area contributed by atoms with Gasteiger partial charge in [-0.05, 0) is 70.2 Å². The highest BCUT2D eigenvalue weighted by Crippen LogP contribution is 2.39. The lowest BCUT2D eigenvalue weighted by Gasteiger charge is -2.37. The Balaban J connectivity index is 1.92. The fourth-order valence-electron chi connectivity index (χ4n) is 3.08. The predicted octanol–water partition coefficient (Wildman–Crippen LogP) is 1.86. The maximum atomic E-state index is 3.49. The number of piperidine rings is 1. The maximum Gasteiger partial charge on any atom is -0.00135 e.